The molecule has 3 nitrogen and oxygen atoms in total. The number of thiophene rings is 1. The van der Waals surface area contributed by atoms with E-state index in [1.165, 1.54) is 53.2 Å². The first-order valence-corrected chi connectivity index (χ1v) is 19.9. The van der Waals surface area contributed by atoms with Gasteiger partial charge in [-0.2, -0.15) is 0 Å². The summed E-state index contributed by atoms with van der Waals surface area (Å²) in [6, 6.07) is 64.3. The molecule has 0 aliphatic heterocycles. The maximum absolute atomic E-state index is 9.69. The van der Waals surface area contributed by atoms with Gasteiger partial charge in [0.25, 0.3) is 0 Å². The summed E-state index contributed by atoms with van der Waals surface area (Å²) in [7, 11) is 0. The van der Waals surface area contributed by atoms with Crippen molar-refractivity contribution in [3.05, 3.63) is 222 Å². The number of amidine groups is 1. The number of nitrogens with zero attached hydrogens (tertiary/aromatic N) is 2. The number of hydrogen-bond donors (Lipinski definition) is 1. The number of para-hydroxylation sites is 1. The van der Waals surface area contributed by atoms with Crippen molar-refractivity contribution in [2.24, 2.45) is 4.99 Å². The molecule has 56 heavy (non-hydrogen) atoms. The lowest BCUT2D eigenvalue weighted by Crippen LogP contribution is -2.18. The van der Waals surface area contributed by atoms with Gasteiger partial charge >= 0.3 is 0 Å². The Morgan fingerprint density at radius 2 is 1.25 bits per heavy atom. The molecule has 1 aliphatic rings. The molecule has 2 aromatic heterocycles. The van der Waals surface area contributed by atoms with Crippen molar-refractivity contribution < 1.29 is 0 Å². The fourth-order valence-electron chi connectivity index (χ4n) is 8.25. The lowest BCUT2D eigenvalue weighted by atomic mass is 9.80. The molecule has 0 saturated carbocycles. The van der Waals surface area contributed by atoms with E-state index in [1.807, 2.05) is 53.8 Å². The Bertz CT molecular complexity index is 3040. The standard InChI is InChI=1S/C52H37N3S/c53-52(54-46(38-23-11-4-12-24-38)30-29-35-17-5-1-6-18-35)39-31-42(36-19-7-2-8-20-36)51(43(32-39)37-21-9-3-10-22-37)55-47-27-15-13-25-40(47)44-34-50-45(33-48(44)55)41-26-14-16-28-49(41)56-50/h1-31,33-34,43,53H,32H2/b30-29+,53-52?,54-46?. The second-order valence-electron chi connectivity index (χ2n) is 14.3. The first-order valence-electron chi connectivity index (χ1n) is 19.1. The molecule has 0 fully saturated rings. The fraction of sp³-hybridized carbons (Fsp3) is 0.0385. The Hall–Kier alpha value is -6.88. The minimum absolute atomic E-state index is 0.0593. The van der Waals surface area contributed by atoms with Crippen LogP contribution in [0, 0.1) is 5.41 Å². The third-order valence-corrected chi connectivity index (χ3v) is 12.0. The molecule has 7 aromatic carbocycles. The van der Waals surface area contributed by atoms with Crippen LogP contribution >= 0.6 is 11.3 Å². The summed E-state index contributed by atoms with van der Waals surface area (Å²) in [4.78, 5) is 5.10. The molecule has 0 amide bonds. The molecule has 9 aromatic rings. The van der Waals surface area contributed by atoms with Gasteiger partial charge in [0.1, 0.15) is 5.84 Å². The summed E-state index contributed by atoms with van der Waals surface area (Å²) in [5.74, 6) is 0.208. The van der Waals surface area contributed by atoms with Gasteiger partial charge in [0.15, 0.2) is 0 Å². The van der Waals surface area contributed by atoms with E-state index in [2.05, 4.69) is 162 Å². The van der Waals surface area contributed by atoms with Crippen molar-refractivity contribution in [3.8, 4) is 0 Å². The lowest BCUT2D eigenvalue weighted by molar-refractivity contribution is 0.817. The van der Waals surface area contributed by atoms with E-state index in [-0.39, 0.29) is 11.8 Å². The monoisotopic (exact) mass is 735 g/mol. The van der Waals surface area contributed by atoms with Crippen LogP contribution in [0.2, 0.25) is 0 Å². The fourth-order valence-corrected chi connectivity index (χ4v) is 9.37. The highest BCUT2D eigenvalue weighted by Crippen LogP contribution is 2.48. The highest BCUT2D eigenvalue weighted by Gasteiger charge is 2.31. The smallest absolute Gasteiger partial charge is 0.148 e. The zero-order valence-electron chi connectivity index (χ0n) is 30.6. The van der Waals surface area contributed by atoms with Gasteiger partial charge in [-0.15, -0.1) is 11.3 Å². The first-order chi connectivity index (χ1) is 27.7. The number of aliphatic imine (C=N–C) groups is 1. The molecule has 0 saturated heterocycles. The predicted molar refractivity (Wildman–Crippen MR) is 240 cm³/mol. The van der Waals surface area contributed by atoms with E-state index >= 15 is 0 Å². The van der Waals surface area contributed by atoms with Gasteiger partial charge < -0.3 is 4.57 Å². The summed E-state index contributed by atoms with van der Waals surface area (Å²) >= 11 is 1.86. The number of benzene rings is 7. The quantitative estimate of drug-likeness (QED) is 0.125. The molecule has 0 bridgehead atoms. The highest BCUT2D eigenvalue weighted by atomic mass is 32.1. The van der Waals surface area contributed by atoms with Gasteiger partial charge in [-0.1, -0.05) is 164 Å². The molecule has 1 atom stereocenters. The van der Waals surface area contributed by atoms with E-state index in [4.69, 9.17) is 4.99 Å². The normalized spacial score (nSPS) is 15.0. The second kappa shape index (κ2) is 14.4. The van der Waals surface area contributed by atoms with Crippen molar-refractivity contribution in [2.45, 2.75) is 12.3 Å². The van der Waals surface area contributed by atoms with E-state index in [9.17, 15) is 5.41 Å². The molecule has 2 heterocycles. The van der Waals surface area contributed by atoms with Gasteiger partial charge in [0.05, 0.1) is 16.7 Å². The number of fused-ring (bicyclic) bond motifs is 6. The van der Waals surface area contributed by atoms with Crippen molar-refractivity contribution in [3.63, 3.8) is 0 Å². The molecule has 1 unspecified atom stereocenters. The van der Waals surface area contributed by atoms with Crippen LogP contribution in [0.5, 0.6) is 0 Å². The largest absolute Gasteiger partial charge is 0.312 e. The Morgan fingerprint density at radius 1 is 0.607 bits per heavy atom. The summed E-state index contributed by atoms with van der Waals surface area (Å²) < 4.78 is 5.12. The first kappa shape index (κ1) is 33.7. The molecule has 10 rings (SSSR count). The average molecular weight is 736 g/mol. The number of rotatable bonds is 7. The van der Waals surface area contributed by atoms with Crippen LogP contribution in [-0.2, 0) is 0 Å². The van der Waals surface area contributed by atoms with E-state index in [1.54, 1.807) is 0 Å². The van der Waals surface area contributed by atoms with Crippen molar-refractivity contribution in [2.75, 3.05) is 0 Å². The van der Waals surface area contributed by atoms with Gasteiger partial charge in [0.2, 0.25) is 0 Å². The van der Waals surface area contributed by atoms with Crippen LogP contribution in [0.15, 0.2) is 205 Å². The van der Waals surface area contributed by atoms with E-state index in [0.717, 1.165) is 33.5 Å². The molecule has 4 heteroatoms. The molecule has 266 valence electrons. The molecule has 1 aliphatic carbocycles. The van der Waals surface area contributed by atoms with Gasteiger partial charge in [-0.25, -0.2) is 4.99 Å². The average Bonchev–Trinajstić information content (AvgIpc) is 3.79. The minimum Gasteiger partial charge on any atom is -0.312 e. The molecular weight excluding hydrogens is 699 g/mol. The highest BCUT2D eigenvalue weighted by molar-refractivity contribution is 7.25. The van der Waals surface area contributed by atoms with Crippen molar-refractivity contribution >= 4 is 82.2 Å². The van der Waals surface area contributed by atoms with E-state index in [0.29, 0.717) is 6.42 Å². The molecular formula is C52H37N3S. The van der Waals surface area contributed by atoms with Gasteiger partial charge in [-0.3, -0.25) is 5.41 Å². The van der Waals surface area contributed by atoms with Crippen molar-refractivity contribution in [1.29, 1.82) is 5.41 Å². The predicted octanol–water partition coefficient (Wildman–Crippen LogP) is 13.8. The Labute approximate surface area is 330 Å². The third kappa shape index (κ3) is 6.11. The molecule has 1 N–H and O–H groups in total. The Kier molecular flexibility index (Phi) is 8.66. The van der Waals surface area contributed by atoms with Crippen LogP contribution < -0.4 is 0 Å². The van der Waals surface area contributed by atoms with Crippen molar-refractivity contribution in [1.82, 2.24) is 4.57 Å². The van der Waals surface area contributed by atoms with Crippen LogP contribution in [0.4, 0.5) is 0 Å². The van der Waals surface area contributed by atoms with Crippen LogP contribution in [0.3, 0.4) is 0 Å². The second-order valence-corrected chi connectivity index (χ2v) is 15.4. The third-order valence-electron chi connectivity index (χ3n) is 10.9. The number of hydrogen-bond acceptors (Lipinski definition) is 2. The maximum Gasteiger partial charge on any atom is 0.148 e. The Balaban J connectivity index is 1.24. The Morgan fingerprint density at radius 3 is 2.02 bits per heavy atom. The van der Waals surface area contributed by atoms with Crippen LogP contribution in [0.1, 0.15) is 34.6 Å². The topological polar surface area (TPSA) is 41.1 Å². The SMILES string of the molecule is N=C(N=C(/C=C/c1ccccc1)c1ccccc1)C1=CC(c2ccccc2)=C(n2c3ccccc3c3cc4sc5ccccc5c4cc32)C(c2ccccc2)C1. The lowest BCUT2D eigenvalue weighted by Gasteiger charge is -2.31. The molecule has 0 spiro atoms. The van der Waals surface area contributed by atoms with E-state index < -0.39 is 0 Å². The number of aromatic nitrogens is 1. The van der Waals surface area contributed by atoms with Crippen LogP contribution in [-0.4, -0.2) is 16.1 Å². The van der Waals surface area contributed by atoms with Gasteiger partial charge in [-0.05, 0) is 65.1 Å². The van der Waals surface area contributed by atoms with Crippen LogP contribution in [0.25, 0.3) is 59.3 Å². The number of nitrogens with one attached hydrogen (secondary N) is 1. The summed E-state index contributed by atoms with van der Waals surface area (Å²) in [6.45, 7) is 0. The summed E-state index contributed by atoms with van der Waals surface area (Å²) in [6.07, 6.45) is 6.97. The summed E-state index contributed by atoms with van der Waals surface area (Å²) in [5.41, 5.74) is 10.7. The minimum atomic E-state index is -0.0593. The zero-order valence-corrected chi connectivity index (χ0v) is 31.5. The molecule has 0 radical (unpaired) electrons. The zero-order chi connectivity index (χ0) is 37.4. The summed E-state index contributed by atoms with van der Waals surface area (Å²) in [5, 5.41) is 14.7. The maximum atomic E-state index is 9.69. The number of allylic oxidation sites excluding steroid dienone is 4. The van der Waals surface area contributed by atoms with Gasteiger partial charge in [0, 0.05) is 53.7 Å².